The number of urea groups is 1. The van der Waals surface area contributed by atoms with E-state index in [0.29, 0.717) is 19.6 Å². The van der Waals surface area contributed by atoms with Gasteiger partial charge in [-0.3, -0.25) is 9.89 Å². The van der Waals surface area contributed by atoms with Gasteiger partial charge in [0.05, 0.1) is 12.1 Å². The number of likely N-dealkylation sites (tertiary alicyclic amines) is 1. The zero-order valence-electron chi connectivity index (χ0n) is 14.6. The van der Waals surface area contributed by atoms with E-state index in [2.05, 4.69) is 25.7 Å². The fourth-order valence-corrected chi connectivity index (χ4v) is 3.15. The number of aromatic nitrogens is 2. The molecule has 1 fully saturated rings. The molecule has 2 heterocycles. The molecule has 1 atom stereocenters. The van der Waals surface area contributed by atoms with Gasteiger partial charge >= 0.3 is 6.03 Å². The summed E-state index contributed by atoms with van der Waals surface area (Å²) in [5, 5.41) is 12.4. The Kier molecular flexibility index (Phi) is 5.85. The van der Waals surface area contributed by atoms with Crippen LogP contribution in [0.15, 0.2) is 36.7 Å². The lowest BCUT2D eigenvalue weighted by Crippen LogP contribution is -2.44. The van der Waals surface area contributed by atoms with Crippen molar-refractivity contribution in [1.29, 1.82) is 0 Å². The van der Waals surface area contributed by atoms with Gasteiger partial charge in [0.25, 0.3) is 0 Å². The van der Waals surface area contributed by atoms with Gasteiger partial charge in [-0.05, 0) is 37.1 Å². The number of anilines is 1. The highest BCUT2D eigenvalue weighted by atomic mass is 16.2. The quantitative estimate of drug-likeness (QED) is 0.626. The Balaban J connectivity index is 1.41. The van der Waals surface area contributed by atoms with Gasteiger partial charge in [-0.25, -0.2) is 4.79 Å². The van der Waals surface area contributed by atoms with Crippen molar-refractivity contribution >= 4 is 17.6 Å². The topological polar surface area (TPSA) is 116 Å². The van der Waals surface area contributed by atoms with Gasteiger partial charge in [-0.15, -0.1) is 0 Å². The number of amides is 3. The molecule has 1 aliphatic heterocycles. The van der Waals surface area contributed by atoms with Crippen LogP contribution in [0.25, 0.3) is 11.1 Å². The van der Waals surface area contributed by atoms with Crippen molar-refractivity contribution in [3.05, 3.63) is 36.7 Å². The predicted molar refractivity (Wildman–Crippen MR) is 99.4 cm³/mol. The molecule has 138 valence electrons. The highest BCUT2D eigenvalue weighted by Crippen LogP contribution is 2.20. The number of H-pyrrole nitrogens is 1. The normalized spacial score (nSPS) is 17.6. The van der Waals surface area contributed by atoms with Crippen molar-refractivity contribution in [1.82, 2.24) is 20.4 Å². The molecule has 8 nitrogen and oxygen atoms in total. The number of hydrogen-bond donors (Lipinski definition) is 4. The van der Waals surface area contributed by atoms with Crippen LogP contribution in [0.4, 0.5) is 10.5 Å². The Labute approximate surface area is 152 Å². The molecule has 5 N–H and O–H groups in total. The highest BCUT2D eigenvalue weighted by molar-refractivity contribution is 5.89. The lowest BCUT2D eigenvalue weighted by molar-refractivity contribution is -0.123. The molecule has 1 saturated heterocycles. The summed E-state index contributed by atoms with van der Waals surface area (Å²) in [5.74, 6) is -0.314. The number of nitrogens with two attached hydrogens (primary N) is 1. The maximum absolute atomic E-state index is 12.0. The predicted octanol–water partition coefficient (Wildman–Crippen LogP) is 1.40. The summed E-state index contributed by atoms with van der Waals surface area (Å²) < 4.78 is 0. The third kappa shape index (κ3) is 4.82. The summed E-state index contributed by atoms with van der Waals surface area (Å²) in [7, 11) is 0. The van der Waals surface area contributed by atoms with Crippen LogP contribution >= 0.6 is 0 Å². The second kappa shape index (κ2) is 8.48. The van der Waals surface area contributed by atoms with E-state index in [4.69, 9.17) is 5.73 Å². The van der Waals surface area contributed by atoms with Crippen molar-refractivity contribution in [2.24, 2.45) is 11.7 Å². The van der Waals surface area contributed by atoms with E-state index in [9.17, 15) is 9.59 Å². The molecule has 1 aliphatic rings. The van der Waals surface area contributed by atoms with Crippen LogP contribution in [0.2, 0.25) is 0 Å². The molecule has 3 rings (SSSR count). The molecule has 2 aromatic rings. The Bertz CT molecular complexity index is 729. The Morgan fingerprint density at radius 3 is 2.77 bits per heavy atom. The lowest BCUT2D eigenvalue weighted by atomic mass is 9.97. The first kappa shape index (κ1) is 17.9. The van der Waals surface area contributed by atoms with E-state index in [1.165, 1.54) is 0 Å². The first-order valence-corrected chi connectivity index (χ1v) is 8.77. The molecular weight excluding hydrogens is 332 g/mol. The van der Waals surface area contributed by atoms with E-state index in [1.54, 1.807) is 6.20 Å². The Morgan fingerprint density at radius 2 is 2.08 bits per heavy atom. The number of piperidine rings is 1. The fourth-order valence-electron chi connectivity index (χ4n) is 3.15. The zero-order chi connectivity index (χ0) is 18.4. The summed E-state index contributed by atoms with van der Waals surface area (Å²) in [4.78, 5) is 25.5. The maximum Gasteiger partial charge on any atom is 0.319 e. The zero-order valence-corrected chi connectivity index (χ0v) is 14.6. The molecular formula is C18H24N6O2. The first-order valence-electron chi connectivity index (χ1n) is 8.77. The van der Waals surface area contributed by atoms with Gasteiger partial charge in [0.1, 0.15) is 0 Å². The van der Waals surface area contributed by atoms with Crippen molar-refractivity contribution in [3.8, 4) is 11.1 Å². The van der Waals surface area contributed by atoms with Gasteiger partial charge in [-0.1, -0.05) is 12.1 Å². The van der Waals surface area contributed by atoms with Gasteiger partial charge in [0, 0.05) is 37.1 Å². The summed E-state index contributed by atoms with van der Waals surface area (Å²) in [6, 6.07) is 7.31. The number of rotatable bonds is 6. The number of nitrogens with one attached hydrogen (secondary N) is 3. The summed E-state index contributed by atoms with van der Waals surface area (Å²) >= 11 is 0. The van der Waals surface area contributed by atoms with Gasteiger partial charge < -0.3 is 21.3 Å². The van der Waals surface area contributed by atoms with E-state index >= 15 is 0 Å². The van der Waals surface area contributed by atoms with Crippen molar-refractivity contribution in [2.75, 3.05) is 31.5 Å². The molecule has 26 heavy (non-hydrogen) atoms. The van der Waals surface area contributed by atoms with Crippen LogP contribution in [0, 0.1) is 5.92 Å². The molecule has 1 aromatic heterocycles. The molecule has 0 bridgehead atoms. The van der Waals surface area contributed by atoms with E-state index < -0.39 is 0 Å². The minimum atomic E-state index is -0.246. The second-order valence-corrected chi connectivity index (χ2v) is 6.49. The van der Waals surface area contributed by atoms with Crippen molar-refractivity contribution in [3.63, 3.8) is 0 Å². The van der Waals surface area contributed by atoms with Gasteiger partial charge in [0.15, 0.2) is 0 Å². The Hall–Kier alpha value is -2.87. The monoisotopic (exact) mass is 356 g/mol. The van der Waals surface area contributed by atoms with Crippen LogP contribution in [-0.4, -0.2) is 53.2 Å². The molecule has 0 aliphatic carbocycles. The second-order valence-electron chi connectivity index (χ2n) is 6.49. The van der Waals surface area contributed by atoms with Crippen LogP contribution in [0.3, 0.4) is 0 Å². The van der Waals surface area contributed by atoms with E-state index in [0.717, 1.165) is 36.2 Å². The number of carbonyl (C=O) groups excluding carboxylic acids is 2. The van der Waals surface area contributed by atoms with Crippen LogP contribution in [0.1, 0.15) is 12.8 Å². The number of benzene rings is 1. The largest absolute Gasteiger partial charge is 0.369 e. The van der Waals surface area contributed by atoms with E-state index in [-0.39, 0.29) is 17.9 Å². The number of primary amides is 1. The summed E-state index contributed by atoms with van der Waals surface area (Å²) in [6.45, 7) is 2.83. The summed E-state index contributed by atoms with van der Waals surface area (Å²) in [6.07, 6.45) is 5.38. The number of nitrogens with zero attached hydrogens (tertiary/aromatic N) is 2. The minimum Gasteiger partial charge on any atom is -0.369 e. The van der Waals surface area contributed by atoms with Gasteiger partial charge in [0.2, 0.25) is 5.91 Å². The third-order valence-corrected chi connectivity index (χ3v) is 4.60. The standard InChI is InChI=1S/C18H24N6O2/c19-17(25)14-2-1-8-24(12-14)9-7-20-18(26)23-16-5-3-13(4-6-16)15-10-21-22-11-15/h3-6,10-11,14H,1-2,7-9,12H2,(H2,19,25)(H,21,22)(H2,20,23,26). The lowest BCUT2D eigenvalue weighted by Gasteiger charge is -2.31. The molecule has 8 heteroatoms. The molecule has 0 spiro atoms. The fraction of sp³-hybridized carbons (Fsp3) is 0.389. The average molecular weight is 356 g/mol. The number of carbonyl (C=O) groups is 2. The maximum atomic E-state index is 12.0. The molecule has 0 saturated carbocycles. The van der Waals surface area contributed by atoms with E-state index in [1.807, 2.05) is 30.5 Å². The minimum absolute atomic E-state index is 0.0775. The van der Waals surface area contributed by atoms with Crippen LogP contribution < -0.4 is 16.4 Å². The third-order valence-electron chi connectivity index (χ3n) is 4.60. The molecule has 3 amide bonds. The highest BCUT2D eigenvalue weighted by Gasteiger charge is 2.23. The van der Waals surface area contributed by atoms with Gasteiger partial charge in [-0.2, -0.15) is 5.10 Å². The number of aromatic amines is 1. The molecule has 1 aromatic carbocycles. The molecule has 0 radical (unpaired) electrons. The smallest absolute Gasteiger partial charge is 0.319 e. The molecule has 1 unspecified atom stereocenters. The van der Waals surface area contributed by atoms with Crippen molar-refractivity contribution < 1.29 is 9.59 Å². The van der Waals surface area contributed by atoms with Crippen LogP contribution in [0.5, 0.6) is 0 Å². The average Bonchev–Trinajstić information content (AvgIpc) is 3.17. The van der Waals surface area contributed by atoms with Crippen LogP contribution in [-0.2, 0) is 4.79 Å². The first-order chi connectivity index (χ1) is 12.6. The summed E-state index contributed by atoms with van der Waals surface area (Å²) in [5.41, 5.74) is 8.13. The SMILES string of the molecule is NC(=O)C1CCCN(CCNC(=O)Nc2ccc(-c3cn[nH]c3)cc2)C1. The number of hydrogen-bond acceptors (Lipinski definition) is 4. The Morgan fingerprint density at radius 1 is 1.27 bits per heavy atom. The van der Waals surface area contributed by atoms with Crippen molar-refractivity contribution in [2.45, 2.75) is 12.8 Å².